The number of rotatable bonds is 6. The third kappa shape index (κ3) is 5.49. The van der Waals surface area contributed by atoms with Crippen molar-refractivity contribution >= 4 is 21.8 Å². The number of aromatic hydroxyl groups is 1. The number of pyridine rings is 1. The Kier molecular flexibility index (Phi) is 8.44. The maximum Gasteiger partial charge on any atom is 0.149 e. The van der Waals surface area contributed by atoms with Gasteiger partial charge >= 0.3 is 0 Å². The van der Waals surface area contributed by atoms with Crippen molar-refractivity contribution in [3.8, 4) is 45.3 Å². The standard InChI is InChI=1S/C40H34N3O.Pt/c1-25(2)30-14-9-15-31(26(3)4)38(30)43-37-21-8-7-18-36(37)42-40(43)33-17-10-16-32(39(33)44)35-20-11-19-34(41-35)29-23-22-27-12-5-6-13-28(27)24-29;/h5-23,25-26,44H,1-4H3;/q-1;. The van der Waals surface area contributed by atoms with Crippen LogP contribution >= 0.6 is 0 Å². The van der Waals surface area contributed by atoms with Crippen LogP contribution in [0.5, 0.6) is 5.75 Å². The fraction of sp³-hybridized carbons (Fsp3) is 0.150. The Hall–Kier alpha value is -4.53. The van der Waals surface area contributed by atoms with Gasteiger partial charge in [0.25, 0.3) is 0 Å². The molecule has 0 aliphatic rings. The summed E-state index contributed by atoms with van der Waals surface area (Å²) < 4.78 is 2.24. The fourth-order valence-electron chi connectivity index (χ4n) is 6.13. The van der Waals surface area contributed by atoms with E-state index >= 15 is 0 Å². The van der Waals surface area contributed by atoms with Crippen LogP contribution in [0.4, 0.5) is 0 Å². The van der Waals surface area contributed by atoms with Gasteiger partial charge < -0.3 is 5.11 Å². The molecule has 7 aromatic rings. The molecule has 226 valence electrons. The molecule has 0 spiro atoms. The summed E-state index contributed by atoms with van der Waals surface area (Å²) in [6, 6.07) is 42.4. The molecule has 0 amide bonds. The second kappa shape index (κ2) is 12.5. The minimum atomic E-state index is 0. The number of benzene rings is 5. The summed E-state index contributed by atoms with van der Waals surface area (Å²) >= 11 is 0. The van der Waals surface area contributed by atoms with Gasteiger partial charge in [0.05, 0.1) is 28.0 Å². The van der Waals surface area contributed by atoms with Crippen molar-refractivity contribution in [3.05, 3.63) is 132 Å². The van der Waals surface area contributed by atoms with E-state index in [1.807, 2.05) is 72.8 Å². The Balaban J connectivity index is 0.00000357. The van der Waals surface area contributed by atoms with Crippen LogP contribution in [0.1, 0.15) is 50.7 Å². The van der Waals surface area contributed by atoms with Crippen molar-refractivity contribution in [1.82, 2.24) is 14.5 Å². The number of aromatic nitrogens is 3. The van der Waals surface area contributed by atoms with E-state index in [1.54, 1.807) is 0 Å². The van der Waals surface area contributed by atoms with Crippen LogP contribution in [0.2, 0.25) is 0 Å². The first-order valence-corrected chi connectivity index (χ1v) is 15.2. The van der Waals surface area contributed by atoms with Crippen molar-refractivity contribution in [2.24, 2.45) is 0 Å². The summed E-state index contributed by atoms with van der Waals surface area (Å²) in [7, 11) is 0. The quantitative estimate of drug-likeness (QED) is 0.172. The molecule has 0 saturated heterocycles. The van der Waals surface area contributed by atoms with Gasteiger partial charge in [0.15, 0.2) is 0 Å². The first kappa shape index (κ1) is 30.5. The molecule has 1 N–H and O–H groups in total. The van der Waals surface area contributed by atoms with Crippen LogP contribution in [-0.2, 0) is 21.1 Å². The van der Waals surface area contributed by atoms with Crippen LogP contribution in [0.3, 0.4) is 0 Å². The Morgan fingerprint density at radius 1 is 0.622 bits per heavy atom. The molecule has 2 aromatic heterocycles. The number of phenolic OH excluding ortho intramolecular Hbond substituents is 1. The molecule has 0 aliphatic carbocycles. The molecule has 0 fully saturated rings. The van der Waals surface area contributed by atoms with E-state index in [0.29, 0.717) is 34.5 Å². The molecule has 0 unspecified atom stereocenters. The van der Waals surface area contributed by atoms with E-state index in [-0.39, 0.29) is 26.8 Å². The zero-order valence-corrected chi connectivity index (χ0v) is 28.0. The Morgan fingerprint density at radius 3 is 2.04 bits per heavy atom. The van der Waals surface area contributed by atoms with Crippen molar-refractivity contribution in [1.29, 1.82) is 0 Å². The summed E-state index contributed by atoms with van der Waals surface area (Å²) in [5.41, 5.74) is 9.25. The van der Waals surface area contributed by atoms with Crippen LogP contribution in [-0.4, -0.2) is 19.6 Å². The van der Waals surface area contributed by atoms with Crippen molar-refractivity contribution in [2.45, 2.75) is 39.5 Å². The van der Waals surface area contributed by atoms with Crippen molar-refractivity contribution < 1.29 is 26.2 Å². The smallest absolute Gasteiger partial charge is 0.149 e. The van der Waals surface area contributed by atoms with Gasteiger partial charge in [-0.2, -0.15) is 0 Å². The number of hydrogen-bond acceptors (Lipinski definition) is 3. The zero-order chi connectivity index (χ0) is 30.4. The molecular formula is C40H34N3OPt-. The monoisotopic (exact) mass is 767 g/mol. The molecule has 0 aliphatic heterocycles. The van der Waals surface area contributed by atoms with Gasteiger partial charge in [-0.15, -0.1) is 29.7 Å². The van der Waals surface area contributed by atoms with E-state index in [9.17, 15) is 5.11 Å². The van der Waals surface area contributed by atoms with Gasteiger partial charge in [-0.05, 0) is 53.3 Å². The van der Waals surface area contributed by atoms with Gasteiger partial charge in [0.1, 0.15) is 11.6 Å². The molecular weight excluding hydrogens is 734 g/mol. The minimum Gasteiger partial charge on any atom is -0.506 e. The minimum absolute atomic E-state index is 0. The molecule has 0 bridgehead atoms. The number of hydrogen-bond donors (Lipinski definition) is 1. The maximum atomic E-state index is 12.0. The number of phenols is 1. The Labute approximate surface area is 278 Å². The second-order valence-electron chi connectivity index (χ2n) is 11.9. The van der Waals surface area contributed by atoms with Gasteiger partial charge in [0, 0.05) is 32.3 Å². The van der Waals surface area contributed by atoms with Gasteiger partial charge in [0.2, 0.25) is 0 Å². The van der Waals surface area contributed by atoms with Crippen molar-refractivity contribution in [3.63, 3.8) is 0 Å². The predicted molar refractivity (Wildman–Crippen MR) is 181 cm³/mol. The number of para-hydroxylation sites is 4. The van der Waals surface area contributed by atoms with E-state index in [4.69, 9.17) is 9.97 Å². The first-order chi connectivity index (χ1) is 21.4. The predicted octanol–water partition coefficient (Wildman–Crippen LogP) is 10.3. The second-order valence-corrected chi connectivity index (χ2v) is 11.9. The van der Waals surface area contributed by atoms with E-state index in [1.165, 1.54) is 11.1 Å². The average molecular weight is 768 g/mol. The molecule has 0 saturated carbocycles. The molecule has 7 rings (SSSR count). The molecule has 0 radical (unpaired) electrons. The van der Waals surface area contributed by atoms with E-state index in [2.05, 4.69) is 80.8 Å². The average Bonchev–Trinajstić information content (AvgIpc) is 3.43. The van der Waals surface area contributed by atoms with Crippen LogP contribution in [0.25, 0.3) is 61.4 Å². The van der Waals surface area contributed by atoms with Gasteiger partial charge in [-0.3, -0.25) is 9.55 Å². The Bertz CT molecular complexity index is 2140. The summed E-state index contributed by atoms with van der Waals surface area (Å²) in [4.78, 5) is 10.1. The first-order valence-electron chi connectivity index (χ1n) is 15.2. The van der Waals surface area contributed by atoms with E-state index < -0.39 is 0 Å². The van der Waals surface area contributed by atoms with Crippen LogP contribution < -0.4 is 0 Å². The normalized spacial score (nSPS) is 11.4. The fourth-order valence-corrected chi connectivity index (χ4v) is 6.13. The van der Waals surface area contributed by atoms with E-state index in [0.717, 1.165) is 38.8 Å². The van der Waals surface area contributed by atoms with Gasteiger partial charge in [-0.1, -0.05) is 105 Å². The topological polar surface area (TPSA) is 50.9 Å². The molecule has 4 nitrogen and oxygen atoms in total. The molecule has 5 aromatic carbocycles. The van der Waals surface area contributed by atoms with Gasteiger partial charge in [-0.25, -0.2) is 4.98 Å². The molecule has 45 heavy (non-hydrogen) atoms. The summed E-state index contributed by atoms with van der Waals surface area (Å²) in [6.45, 7) is 8.91. The summed E-state index contributed by atoms with van der Waals surface area (Å²) in [5.74, 6) is 1.47. The third-order valence-electron chi connectivity index (χ3n) is 8.36. The van der Waals surface area contributed by atoms with Crippen LogP contribution in [0, 0.1) is 6.07 Å². The third-order valence-corrected chi connectivity index (χ3v) is 8.36. The molecule has 0 atom stereocenters. The number of nitrogens with zero attached hydrogens (tertiary/aromatic N) is 3. The Morgan fingerprint density at radius 2 is 1.27 bits per heavy atom. The van der Waals surface area contributed by atoms with Crippen LogP contribution in [0.15, 0.2) is 115 Å². The number of imidazole rings is 1. The number of fused-ring (bicyclic) bond motifs is 2. The molecule has 2 heterocycles. The summed E-state index contributed by atoms with van der Waals surface area (Å²) in [5, 5.41) is 14.1. The summed E-state index contributed by atoms with van der Waals surface area (Å²) in [6.07, 6.45) is 0. The SMILES string of the molecule is CC(C)c1cccc(C(C)C)c1-n1c(-c2cccc(-c3cccc(-c4[c-]c5ccccc5cc4)n3)c2O)nc2ccccc21.[Pt]. The largest absolute Gasteiger partial charge is 0.506 e. The molecule has 5 heteroatoms. The zero-order valence-electron chi connectivity index (χ0n) is 25.7. The maximum absolute atomic E-state index is 12.0. The van der Waals surface area contributed by atoms with Crippen molar-refractivity contribution in [2.75, 3.05) is 0 Å².